The summed E-state index contributed by atoms with van der Waals surface area (Å²) >= 11 is 0. The number of rotatable bonds is 8. The molecule has 0 aliphatic heterocycles. The number of benzene rings is 2. The molecule has 1 aliphatic carbocycles. The third kappa shape index (κ3) is 8.82. The molecule has 0 heterocycles. The van der Waals surface area contributed by atoms with Gasteiger partial charge < -0.3 is 19.3 Å². The quantitative estimate of drug-likeness (QED) is 0.345. The molecule has 2 atom stereocenters. The summed E-state index contributed by atoms with van der Waals surface area (Å²) in [6.07, 6.45) is 5.84. The van der Waals surface area contributed by atoms with Gasteiger partial charge in [-0.3, -0.25) is 4.79 Å². The maximum atomic E-state index is 14.6. The van der Waals surface area contributed by atoms with Crippen molar-refractivity contribution in [3.63, 3.8) is 0 Å². The molecule has 0 spiro atoms. The highest BCUT2D eigenvalue weighted by Crippen LogP contribution is 2.41. The number of anilines is 1. The topological polar surface area (TPSA) is 84.9 Å². The molecule has 1 fully saturated rings. The largest absolute Gasteiger partial charge is 0.494 e. The van der Waals surface area contributed by atoms with Crippen LogP contribution in [0.5, 0.6) is 5.75 Å². The molecular formula is C29H42FNO5S. The Kier molecular flexibility index (Phi) is 11.6. The lowest BCUT2D eigenvalue weighted by Gasteiger charge is -2.30. The maximum Gasteiger partial charge on any atom is 0.290 e. The molecule has 0 saturated heterocycles. The maximum absolute atomic E-state index is 14.6. The predicted molar refractivity (Wildman–Crippen MR) is 149 cm³/mol. The highest BCUT2D eigenvalue weighted by molar-refractivity contribution is 7.86. The molecular weight excluding hydrogens is 493 g/mol. The summed E-state index contributed by atoms with van der Waals surface area (Å²) in [5.74, 6) is 1.01. The van der Waals surface area contributed by atoms with Gasteiger partial charge in [-0.25, -0.2) is 8.60 Å². The SMILES string of the molecule is COc1ccc(-c2c(C)cc(NS(=O)CC3CCCCC3)c(C)c2C(C)OC(C)(C)C)cc1F.O=CO. The van der Waals surface area contributed by atoms with Crippen molar-refractivity contribution in [2.24, 2.45) is 5.92 Å². The summed E-state index contributed by atoms with van der Waals surface area (Å²) < 4.78 is 42.4. The minimum Gasteiger partial charge on any atom is -0.494 e. The molecule has 0 bridgehead atoms. The molecule has 1 saturated carbocycles. The minimum atomic E-state index is -1.15. The zero-order valence-electron chi connectivity index (χ0n) is 23.2. The van der Waals surface area contributed by atoms with Crippen LogP contribution in [0.15, 0.2) is 24.3 Å². The van der Waals surface area contributed by atoms with Crippen LogP contribution in [0.4, 0.5) is 10.1 Å². The second-order valence-electron chi connectivity index (χ2n) is 10.6. The Balaban J connectivity index is 0.00000153. The van der Waals surface area contributed by atoms with E-state index in [2.05, 4.69) is 4.72 Å². The molecule has 8 heteroatoms. The zero-order chi connectivity index (χ0) is 27.8. The first-order chi connectivity index (χ1) is 17.4. The van der Waals surface area contributed by atoms with Gasteiger partial charge in [-0.05, 0) is 106 Å². The highest BCUT2D eigenvalue weighted by atomic mass is 32.2. The Morgan fingerprint density at radius 3 is 2.35 bits per heavy atom. The molecule has 0 amide bonds. The number of hydrogen-bond acceptors (Lipinski definition) is 4. The van der Waals surface area contributed by atoms with E-state index in [4.69, 9.17) is 19.4 Å². The van der Waals surface area contributed by atoms with Crippen LogP contribution in [0.25, 0.3) is 11.1 Å². The van der Waals surface area contributed by atoms with Crippen LogP contribution in [0, 0.1) is 25.6 Å². The highest BCUT2D eigenvalue weighted by Gasteiger charge is 2.25. The van der Waals surface area contributed by atoms with E-state index in [9.17, 15) is 8.60 Å². The van der Waals surface area contributed by atoms with Gasteiger partial charge in [0.15, 0.2) is 11.6 Å². The standard InChI is InChI=1S/C28H40FNO3S.CH2O2/c1-18-15-24(30-34(31)17-21-11-9-8-10-12-21)19(2)27(20(3)33-28(4,5)6)26(18)22-13-14-25(32-7)23(29)16-22;2-1-3/h13-16,20-21,30H,8-12,17H2,1-7H3;1H,(H,2,3). The Hall–Kier alpha value is -2.45. The van der Waals surface area contributed by atoms with Crippen molar-refractivity contribution in [2.75, 3.05) is 17.6 Å². The first kappa shape index (κ1) is 30.8. The molecule has 2 N–H and O–H groups in total. The summed E-state index contributed by atoms with van der Waals surface area (Å²) in [7, 11) is 0.310. The van der Waals surface area contributed by atoms with E-state index in [0.717, 1.165) is 46.3 Å². The molecule has 206 valence electrons. The van der Waals surface area contributed by atoms with Gasteiger partial charge in [0.05, 0.1) is 18.8 Å². The van der Waals surface area contributed by atoms with Crippen molar-refractivity contribution < 1.29 is 28.0 Å². The van der Waals surface area contributed by atoms with Crippen molar-refractivity contribution in [1.82, 2.24) is 0 Å². The van der Waals surface area contributed by atoms with E-state index in [1.807, 2.05) is 53.7 Å². The number of nitrogens with one attached hydrogen (secondary N) is 1. The van der Waals surface area contributed by atoms with Gasteiger partial charge in [-0.15, -0.1) is 0 Å². The normalized spacial score (nSPS) is 15.8. The second-order valence-corrected chi connectivity index (χ2v) is 11.8. The summed E-state index contributed by atoms with van der Waals surface area (Å²) in [5, 5.41) is 6.89. The predicted octanol–water partition coefficient (Wildman–Crippen LogP) is 7.35. The van der Waals surface area contributed by atoms with E-state index in [1.54, 1.807) is 6.07 Å². The van der Waals surface area contributed by atoms with Gasteiger partial charge >= 0.3 is 0 Å². The van der Waals surface area contributed by atoms with Gasteiger partial charge in [-0.2, -0.15) is 0 Å². The molecule has 37 heavy (non-hydrogen) atoms. The Morgan fingerprint density at radius 2 is 1.81 bits per heavy atom. The number of ether oxygens (including phenoxy) is 2. The first-order valence-corrected chi connectivity index (χ1v) is 14.1. The van der Waals surface area contributed by atoms with Gasteiger partial charge in [0.1, 0.15) is 11.0 Å². The van der Waals surface area contributed by atoms with Crippen molar-refractivity contribution in [3.8, 4) is 16.9 Å². The first-order valence-electron chi connectivity index (χ1n) is 12.8. The average Bonchev–Trinajstić information content (AvgIpc) is 2.81. The number of carboxylic acid groups (broad SMARTS) is 1. The van der Waals surface area contributed by atoms with Crippen LogP contribution in [-0.4, -0.2) is 34.3 Å². The summed E-state index contributed by atoms with van der Waals surface area (Å²) in [6.45, 7) is 11.9. The van der Waals surface area contributed by atoms with Crippen molar-refractivity contribution in [2.45, 2.75) is 85.4 Å². The van der Waals surface area contributed by atoms with E-state index >= 15 is 0 Å². The van der Waals surface area contributed by atoms with Gasteiger partial charge in [-0.1, -0.05) is 25.3 Å². The molecule has 2 aromatic carbocycles. The lowest BCUT2D eigenvalue weighted by Crippen LogP contribution is -2.23. The number of halogens is 1. The third-order valence-corrected chi connectivity index (χ3v) is 7.77. The van der Waals surface area contributed by atoms with E-state index < -0.39 is 16.8 Å². The fraction of sp³-hybridized carbons (Fsp3) is 0.552. The van der Waals surface area contributed by atoms with E-state index in [-0.39, 0.29) is 23.9 Å². The summed E-state index contributed by atoms with van der Waals surface area (Å²) in [4.78, 5) is 8.36. The van der Waals surface area contributed by atoms with Crippen molar-refractivity contribution >= 4 is 23.1 Å². The van der Waals surface area contributed by atoms with Crippen LogP contribution >= 0.6 is 0 Å². The Morgan fingerprint density at radius 1 is 1.19 bits per heavy atom. The number of methoxy groups -OCH3 is 1. The van der Waals surface area contributed by atoms with Crippen molar-refractivity contribution in [3.05, 3.63) is 46.8 Å². The monoisotopic (exact) mass is 535 g/mol. The van der Waals surface area contributed by atoms with Crippen LogP contribution in [-0.2, 0) is 20.5 Å². The van der Waals surface area contributed by atoms with Crippen LogP contribution < -0.4 is 9.46 Å². The lowest BCUT2D eigenvalue weighted by atomic mass is 9.88. The fourth-order valence-electron chi connectivity index (χ4n) is 5.08. The molecule has 0 aromatic heterocycles. The Bertz CT molecular complexity index is 1080. The zero-order valence-corrected chi connectivity index (χ0v) is 24.0. The molecule has 2 unspecified atom stereocenters. The van der Waals surface area contributed by atoms with Gasteiger partial charge in [0.25, 0.3) is 6.47 Å². The molecule has 1 aliphatic rings. The third-order valence-electron chi connectivity index (χ3n) is 6.55. The van der Waals surface area contributed by atoms with Gasteiger partial charge in [0.2, 0.25) is 0 Å². The fourth-order valence-corrected chi connectivity index (χ4v) is 6.38. The second kappa shape index (κ2) is 13.9. The average molecular weight is 536 g/mol. The van der Waals surface area contributed by atoms with Crippen molar-refractivity contribution in [1.29, 1.82) is 0 Å². The van der Waals surface area contributed by atoms with Crippen LogP contribution in [0.2, 0.25) is 0 Å². The molecule has 3 rings (SSSR count). The smallest absolute Gasteiger partial charge is 0.290 e. The number of aryl methyl sites for hydroxylation is 1. The van der Waals surface area contributed by atoms with Crippen LogP contribution in [0.1, 0.15) is 82.6 Å². The minimum absolute atomic E-state index is 0.218. The molecule has 6 nitrogen and oxygen atoms in total. The lowest BCUT2D eigenvalue weighted by molar-refractivity contribution is -0.122. The van der Waals surface area contributed by atoms with Crippen LogP contribution in [0.3, 0.4) is 0 Å². The summed E-state index contributed by atoms with van der Waals surface area (Å²) in [5.41, 5.74) is 5.15. The van der Waals surface area contributed by atoms with Gasteiger partial charge in [0, 0.05) is 11.4 Å². The molecule has 0 radical (unpaired) electrons. The van der Waals surface area contributed by atoms with E-state index in [0.29, 0.717) is 11.7 Å². The summed E-state index contributed by atoms with van der Waals surface area (Å²) in [6, 6.07) is 7.08. The molecule has 2 aromatic rings. The number of carbonyl (C=O) groups is 1. The number of hydrogen-bond donors (Lipinski definition) is 2. The Labute approximate surface area is 223 Å². The van der Waals surface area contributed by atoms with E-state index in [1.165, 1.54) is 32.4 Å².